The fourth-order valence-corrected chi connectivity index (χ4v) is 5.37. The molecular formula is C17H17F2NO3S. The van der Waals surface area contributed by atoms with Gasteiger partial charge in [0, 0.05) is 16.7 Å². The van der Waals surface area contributed by atoms with Crippen molar-refractivity contribution in [2.24, 2.45) is 0 Å². The highest BCUT2D eigenvalue weighted by Crippen LogP contribution is 2.50. The van der Waals surface area contributed by atoms with E-state index < -0.39 is 32.9 Å². The van der Waals surface area contributed by atoms with Crippen molar-refractivity contribution >= 4 is 10.0 Å². The predicted octanol–water partition coefficient (Wildman–Crippen LogP) is 2.96. The van der Waals surface area contributed by atoms with E-state index in [9.17, 15) is 22.3 Å². The van der Waals surface area contributed by atoms with Crippen LogP contribution in [0.3, 0.4) is 0 Å². The number of sulfonamides is 1. The fraction of sp³-hybridized carbons (Fsp3) is 0.294. The van der Waals surface area contributed by atoms with Gasteiger partial charge in [-0.05, 0) is 51.1 Å². The molecule has 1 aliphatic heterocycles. The van der Waals surface area contributed by atoms with Crippen LogP contribution in [0.5, 0.6) is 0 Å². The molecule has 1 aliphatic rings. The molecule has 1 unspecified atom stereocenters. The molecule has 3 rings (SSSR count). The van der Waals surface area contributed by atoms with Crippen LogP contribution in [0.1, 0.15) is 31.9 Å². The van der Waals surface area contributed by atoms with Crippen LogP contribution in [0.15, 0.2) is 47.4 Å². The highest BCUT2D eigenvalue weighted by Gasteiger charge is 2.58. The van der Waals surface area contributed by atoms with Crippen molar-refractivity contribution in [2.45, 2.75) is 36.9 Å². The average Bonchev–Trinajstić information content (AvgIpc) is 2.63. The first-order valence-corrected chi connectivity index (χ1v) is 8.77. The third kappa shape index (κ3) is 2.27. The second kappa shape index (κ2) is 5.08. The lowest BCUT2D eigenvalue weighted by atomic mass is 9.91. The Morgan fingerprint density at radius 3 is 2.08 bits per heavy atom. The topological polar surface area (TPSA) is 57.6 Å². The maximum atomic E-state index is 13.8. The number of benzene rings is 2. The number of hydrogen-bond donors (Lipinski definition) is 1. The minimum Gasteiger partial charge on any atom is -0.367 e. The first-order valence-electron chi connectivity index (χ1n) is 7.33. The van der Waals surface area contributed by atoms with Crippen molar-refractivity contribution in [1.82, 2.24) is 4.31 Å². The Kier molecular flexibility index (Phi) is 3.60. The van der Waals surface area contributed by atoms with Gasteiger partial charge >= 0.3 is 0 Å². The molecule has 0 bridgehead atoms. The van der Waals surface area contributed by atoms with Gasteiger partial charge in [0.2, 0.25) is 10.0 Å². The number of aliphatic hydroxyl groups is 1. The summed E-state index contributed by atoms with van der Waals surface area (Å²) in [5.41, 5.74) is -3.06. The molecule has 4 nitrogen and oxygen atoms in total. The van der Waals surface area contributed by atoms with E-state index in [-0.39, 0.29) is 16.0 Å². The minimum atomic E-state index is -4.06. The lowest BCUT2D eigenvalue weighted by molar-refractivity contribution is -0.0604. The number of hydrogen-bond acceptors (Lipinski definition) is 3. The maximum absolute atomic E-state index is 13.8. The molecular weight excluding hydrogens is 336 g/mol. The first kappa shape index (κ1) is 17.0. The van der Waals surface area contributed by atoms with Gasteiger partial charge in [0.15, 0.2) is 5.72 Å². The van der Waals surface area contributed by atoms with Gasteiger partial charge < -0.3 is 5.11 Å². The molecule has 7 heteroatoms. The summed E-state index contributed by atoms with van der Waals surface area (Å²) >= 11 is 0. The predicted molar refractivity (Wildman–Crippen MR) is 84.6 cm³/mol. The third-order valence-corrected chi connectivity index (χ3v) is 6.19. The Bertz CT molecular complexity index is 904. The van der Waals surface area contributed by atoms with Crippen molar-refractivity contribution in [3.63, 3.8) is 0 Å². The minimum absolute atomic E-state index is 0.0796. The molecule has 0 amide bonds. The molecule has 0 saturated carbocycles. The van der Waals surface area contributed by atoms with Crippen molar-refractivity contribution in [2.75, 3.05) is 0 Å². The number of fused-ring (bicyclic) bond motifs is 1. The van der Waals surface area contributed by atoms with Gasteiger partial charge in [0.1, 0.15) is 11.6 Å². The van der Waals surface area contributed by atoms with Crippen molar-refractivity contribution in [3.05, 3.63) is 65.2 Å². The van der Waals surface area contributed by atoms with Crippen LogP contribution in [0.2, 0.25) is 0 Å². The van der Waals surface area contributed by atoms with Gasteiger partial charge in [-0.1, -0.05) is 12.1 Å². The lowest BCUT2D eigenvalue weighted by Crippen LogP contribution is -2.54. The first-order chi connectivity index (χ1) is 11.0. The quantitative estimate of drug-likeness (QED) is 0.858. The summed E-state index contributed by atoms with van der Waals surface area (Å²) in [6.45, 7) is 4.88. The standard InChI is InChI=1S/C17H17F2NO3S/c1-16(2,3)20-17(21,11-4-6-12(18)7-5-11)14-10-13(19)8-9-15(14)24(20,22)23/h4-10,21H,1-3H3. The highest BCUT2D eigenvalue weighted by atomic mass is 32.2. The van der Waals surface area contributed by atoms with Gasteiger partial charge in [-0.15, -0.1) is 0 Å². The third-order valence-electron chi connectivity index (χ3n) is 3.99. The Hall–Kier alpha value is -1.83. The molecule has 0 aliphatic carbocycles. The molecule has 0 saturated heterocycles. The van der Waals surface area contributed by atoms with Crippen LogP contribution in [0, 0.1) is 11.6 Å². The van der Waals surface area contributed by atoms with Gasteiger partial charge in [0.05, 0.1) is 4.90 Å². The zero-order valence-electron chi connectivity index (χ0n) is 13.4. The molecule has 0 spiro atoms. The SMILES string of the molecule is CC(C)(C)N1C(O)(c2ccc(F)cc2)c2cc(F)ccc2S1(=O)=O. The number of nitrogens with zero attached hydrogens (tertiary/aromatic N) is 1. The number of rotatable bonds is 1. The van der Waals surface area contributed by atoms with Crippen LogP contribution in [-0.4, -0.2) is 23.4 Å². The van der Waals surface area contributed by atoms with E-state index in [0.717, 1.165) is 34.6 Å². The van der Waals surface area contributed by atoms with E-state index in [1.165, 1.54) is 12.1 Å². The molecule has 0 fully saturated rings. The molecule has 0 radical (unpaired) electrons. The fourth-order valence-electron chi connectivity index (χ4n) is 3.18. The zero-order chi connectivity index (χ0) is 17.9. The Morgan fingerprint density at radius 1 is 1.00 bits per heavy atom. The van der Waals surface area contributed by atoms with Crippen molar-refractivity contribution in [3.8, 4) is 0 Å². The van der Waals surface area contributed by atoms with Gasteiger partial charge in [-0.3, -0.25) is 0 Å². The largest absolute Gasteiger partial charge is 0.367 e. The molecule has 1 N–H and O–H groups in total. The second-order valence-electron chi connectivity index (χ2n) is 6.76. The highest BCUT2D eigenvalue weighted by molar-refractivity contribution is 7.89. The van der Waals surface area contributed by atoms with E-state index in [4.69, 9.17) is 0 Å². The second-order valence-corrected chi connectivity index (χ2v) is 8.51. The van der Waals surface area contributed by atoms with Gasteiger partial charge in [-0.25, -0.2) is 17.2 Å². The summed E-state index contributed by atoms with van der Waals surface area (Å²) < 4.78 is 53.9. The van der Waals surface area contributed by atoms with Crippen LogP contribution in [0.4, 0.5) is 8.78 Å². The molecule has 2 aromatic carbocycles. The van der Waals surface area contributed by atoms with Crippen LogP contribution < -0.4 is 0 Å². The van der Waals surface area contributed by atoms with Crippen LogP contribution in [-0.2, 0) is 15.7 Å². The van der Waals surface area contributed by atoms with Gasteiger partial charge in [0.25, 0.3) is 0 Å². The maximum Gasteiger partial charge on any atom is 0.246 e. The Morgan fingerprint density at radius 2 is 1.54 bits per heavy atom. The Balaban J connectivity index is 2.40. The summed E-state index contributed by atoms with van der Waals surface area (Å²) in [5, 5.41) is 11.4. The summed E-state index contributed by atoms with van der Waals surface area (Å²) in [4.78, 5) is -0.161. The van der Waals surface area contributed by atoms with Crippen LogP contribution >= 0.6 is 0 Å². The molecule has 1 heterocycles. The summed E-state index contributed by atoms with van der Waals surface area (Å²) in [6.07, 6.45) is 0. The molecule has 0 aromatic heterocycles. The summed E-state index contributed by atoms with van der Waals surface area (Å²) in [5.74, 6) is -1.19. The summed E-state index contributed by atoms with van der Waals surface area (Å²) in [7, 11) is -4.06. The van der Waals surface area contributed by atoms with E-state index in [1.54, 1.807) is 20.8 Å². The zero-order valence-corrected chi connectivity index (χ0v) is 14.2. The van der Waals surface area contributed by atoms with Gasteiger partial charge in [-0.2, -0.15) is 4.31 Å². The van der Waals surface area contributed by atoms with E-state index >= 15 is 0 Å². The normalized spacial score (nSPS) is 23.2. The summed E-state index contributed by atoms with van der Waals surface area (Å²) in [6, 6.07) is 8.01. The number of halogens is 2. The van der Waals surface area contributed by atoms with E-state index in [2.05, 4.69) is 0 Å². The van der Waals surface area contributed by atoms with E-state index in [0.29, 0.717) is 0 Å². The molecule has 128 valence electrons. The van der Waals surface area contributed by atoms with Crippen molar-refractivity contribution < 1.29 is 22.3 Å². The van der Waals surface area contributed by atoms with E-state index in [1.807, 2.05) is 0 Å². The monoisotopic (exact) mass is 353 g/mol. The van der Waals surface area contributed by atoms with Crippen molar-refractivity contribution in [1.29, 1.82) is 0 Å². The molecule has 1 atom stereocenters. The average molecular weight is 353 g/mol. The molecule has 24 heavy (non-hydrogen) atoms. The van der Waals surface area contributed by atoms with Crippen LogP contribution in [0.25, 0.3) is 0 Å². The smallest absolute Gasteiger partial charge is 0.246 e. The Labute approximate surface area is 139 Å². The molecule has 2 aromatic rings. The lowest BCUT2D eigenvalue weighted by Gasteiger charge is -2.41.